The van der Waals surface area contributed by atoms with E-state index in [1.807, 2.05) is 0 Å². The van der Waals surface area contributed by atoms with Gasteiger partial charge in [-0.3, -0.25) is 0 Å². The number of fused-ring (bicyclic) bond motifs is 1. The van der Waals surface area contributed by atoms with E-state index in [1.54, 1.807) is 0 Å². The van der Waals surface area contributed by atoms with Gasteiger partial charge in [0.15, 0.2) is 5.82 Å². The summed E-state index contributed by atoms with van der Waals surface area (Å²) in [5.41, 5.74) is 6.01. The first kappa shape index (κ1) is 16.0. The van der Waals surface area contributed by atoms with Crippen LogP contribution in [0, 0.1) is 0 Å². The normalized spacial score (nSPS) is 13.3. The maximum atomic E-state index is 4.57. The summed E-state index contributed by atoms with van der Waals surface area (Å²) in [4.78, 5) is 0. The lowest BCUT2D eigenvalue weighted by molar-refractivity contribution is 0.526. The van der Waals surface area contributed by atoms with Crippen molar-refractivity contribution in [3.63, 3.8) is 0 Å². The molecule has 1 aromatic heterocycles. The highest BCUT2D eigenvalue weighted by molar-refractivity contribution is 5.85. The zero-order chi connectivity index (χ0) is 18.1. The summed E-state index contributed by atoms with van der Waals surface area (Å²) in [6.45, 7) is 1.01. The maximum absolute atomic E-state index is 4.57. The summed E-state index contributed by atoms with van der Waals surface area (Å²) in [5, 5.41) is 9.03. The molecular formula is C24H21N3. The molecule has 0 saturated carbocycles. The van der Waals surface area contributed by atoms with Crippen LogP contribution >= 0.6 is 0 Å². The zero-order valence-corrected chi connectivity index (χ0v) is 15.2. The van der Waals surface area contributed by atoms with Gasteiger partial charge in [-0.05, 0) is 47.2 Å². The van der Waals surface area contributed by atoms with Gasteiger partial charge >= 0.3 is 0 Å². The first-order valence-corrected chi connectivity index (χ1v) is 9.57. The number of aromatic nitrogens is 3. The van der Waals surface area contributed by atoms with Crippen molar-refractivity contribution in [1.82, 2.24) is 14.8 Å². The number of nitrogens with zero attached hydrogens (tertiary/aromatic N) is 3. The van der Waals surface area contributed by atoms with Crippen molar-refractivity contribution in [3.8, 4) is 33.6 Å². The van der Waals surface area contributed by atoms with Crippen LogP contribution in [0.1, 0.15) is 18.7 Å². The Kier molecular flexibility index (Phi) is 4.06. The third kappa shape index (κ3) is 2.95. The Morgan fingerprint density at radius 3 is 2.15 bits per heavy atom. The van der Waals surface area contributed by atoms with E-state index < -0.39 is 0 Å². The van der Waals surface area contributed by atoms with Crippen molar-refractivity contribution in [3.05, 3.63) is 84.7 Å². The van der Waals surface area contributed by atoms with Crippen molar-refractivity contribution in [2.45, 2.75) is 25.8 Å². The predicted molar refractivity (Wildman–Crippen MR) is 109 cm³/mol. The van der Waals surface area contributed by atoms with Crippen molar-refractivity contribution >= 4 is 0 Å². The Hall–Kier alpha value is -3.20. The fourth-order valence-electron chi connectivity index (χ4n) is 3.91. The Morgan fingerprint density at radius 2 is 1.37 bits per heavy atom. The van der Waals surface area contributed by atoms with E-state index >= 15 is 0 Å². The fourth-order valence-corrected chi connectivity index (χ4v) is 3.91. The van der Waals surface area contributed by atoms with E-state index in [0.29, 0.717) is 0 Å². The zero-order valence-electron chi connectivity index (χ0n) is 15.2. The molecule has 1 aliphatic rings. The highest BCUT2D eigenvalue weighted by atomic mass is 15.3. The first-order chi connectivity index (χ1) is 13.4. The highest BCUT2D eigenvalue weighted by Gasteiger charge is 2.20. The molecule has 1 aliphatic heterocycles. The van der Waals surface area contributed by atoms with Crippen molar-refractivity contribution in [2.24, 2.45) is 0 Å². The van der Waals surface area contributed by atoms with Gasteiger partial charge in [-0.25, -0.2) is 0 Å². The van der Waals surface area contributed by atoms with Crippen LogP contribution in [-0.4, -0.2) is 14.8 Å². The second kappa shape index (κ2) is 6.84. The number of hydrogen-bond acceptors (Lipinski definition) is 2. The fraction of sp³-hybridized carbons (Fsp3) is 0.167. The van der Waals surface area contributed by atoms with Gasteiger partial charge < -0.3 is 4.57 Å². The first-order valence-electron chi connectivity index (χ1n) is 9.57. The van der Waals surface area contributed by atoms with E-state index in [0.717, 1.165) is 30.2 Å². The summed E-state index contributed by atoms with van der Waals surface area (Å²) in [6, 6.07) is 27.8. The Morgan fingerprint density at radius 1 is 0.630 bits per heavy atom. The molecule has 0 aliphatic carbocycles. The number of aryl methyl sites for hydroxylation is 1. The number of hydrogen-bond donors (Lipinski definition) is 0. The Labute approximate surface area is 159 Å². The highest BCUT2D eigenvalue weighted by Crippen LogP contribution is 2.36. The molecule has 27 heavy (non-hydrogen) atoms. The van der Waals surface area contributed by atoms with Crippen molar-refractivity contribution in [1.29, 1.82) is 0 Å². The SMILES string of the molecule is c1ccc(-c2ccc(-c3nnc4n3CCCC4)c(-c3ccccc3)c2)cc1. The number of benzene rings is 3. The summed E-state index contributed by atoms with van der Waals surface area (Å²) >= 11 is 0. The van der Waals surface area contributed by atoms with E-state index in [2.05, 4.69) is 93.6 Å². The molecule has 0 unspecified atom stereocenters. The minimum atomic E-state index is 0.989. The van der Waals surface area contributed by atoms with Crippen LogP contribution in [0.3, 0.4) is 0 Å². The van der Waals surface area contributed by atoms with Gasteiger partial charge in [-0.15, -0.1) is 10.2 Å². The molecule has 132 valence electrons. The van der Waals surface area contributed by atoms with Gasteiger partial charge in [-0.2, -0.15) is 0 Å². The van der Waals surface area contributed by atoms with Gasteiger partial charge in [0.05, 0.1) is 0 Å². The summed E-state index contributed by atoms with van der Waals surface area (Å²) in [6.07, 6.45) is 3.42. The third-order valence-corrected chi connectivity index (χ3v) is 5.31. The van der Waals surface area contributed by atoms with Gasteiger partial charge in [-0.1, -0.05) is 66.7 Å². The lowest BCUT2D eigenvalue weighted by atomic mass is 9.94. The van der Waals surface area contributed by atoms with Crippen LogP contribution in [0.25, 0.3) is 33.6 Å². The molecule has 4 aromatic rings. The van der Waals surface area contributed by atoms with Gasteiger partial charge in [0.1, 0.15) is 5.82 Å². The van der Waals surface area contributed by atoms with Crippen LogP contribution < -0.4 is 0 Å². The second-order valence-corrected chi connectivity index (χ2v) is 7.04. The summed E-state index contributed by atoms with van der Waals surface area (Å²) in [5.74, 6) is 2.10. The third-order valence-electron chi connectivity index (χ3n) is 5.31. The Balaban J connectivity index is 1.70. The average Bonchev–Trinajstić information content (AvgIpc) is 3.19. The average molecular weight is 351 g/mol. The largest absolute Gasteiger partial charge is 0.311 e. The van der Waals surface area contributed by atoms with E-state index in [-0.39, 0.29) is 0 Å². The smallest absolute Gasteiger partial charge is 0.164 e. The van der Waals surface area contributed by atoms with Crippen LogP contribution in [0.4, 0.5) is 0 Å². The molecule has 5 rings (SSSR count). The predicted octanol–water partition coefficient (Wildman–Crippen LogP) is 5.62. The molecule has 0 N–H and O–H groups in total. The van der Waals surface area contributed by atoms with Crippen LogP contribution in [-0.2, 0) is 13.0 Å². The molecule has 0 atom stereocenters. The minimum Gasteiger partial charge on any atom is -0.311 e. The monoisotopic (exact) mass is 351 g/mol. The minimum absolute atomic E-state index is 0.989. The maximum Gasteiger partial charge on any atom is 0.164 e. The van der Waals surface area contributed by atoms with E-state index in [9.17, 15) is 0 Å². The van der Waals surface area contributed by atoms with Gasteiger partial charge in [0, 0.05) is 18.5 Å². The lowest BCUT2D eigenvalue weighted by Crippen LogP contribution is -2.11. The molecule has 3 aromatic carbocycles. The lowest BCUT2D eigenvalue weighted by Gasteiger charge is -2.17. The quantitative estimate of drug-likeness (QED) is 0.480. The molecule has 0 spiro atoms. The van der Waals surface area contributed by atoms with Gasteiger partial charge in [0.25, 0.3) is 0 Å². The summed E-state index contributed by atoms with van der Waals surface area (Å²) < 4.78 is 2.30. The molecule has 0 radical (unpaired) electrons. The topological polar surface area (TPSA) is 30.7 Å². The second-order valence-electron chi connectivity index (χ2n) is 7.04. The standard InChI is InChI=1S/C24H21N3/c1-3-9-18(10-4-1)20-14-15-21(22(17-20)19-11-5-2-6-12-19)24-26-25-23-13-7-8-16-27(23)24/h1-6,9-12,14-15,17H,7-8,13,16H2. The van der Waals surface area contributed by atoms with E-state index in [4.69, 9.17) is 0 Å². The Bertz CT molecular complexity index is 1070. The van der Waals surface area contributed by atoms with E-state index in [1.165, 1.54) is 35.1 Å². The molecule has 3 nitrogen and oxygen atoms in total. The van der Waals surface area contributed by atoms with Crippen molar-refractivity contribution < 1.29 is 0 Å². The molecule has 3 heteroatoms. The molecule has 0 amide bonds. The van der Waals surface area contributed by atoms with Gasteiger partial charge in [0.2, 0.25) is 0 Å². The molecule has 0 bridgehead atoms. The van der Waals surface area contributed by atoms with Crippen LogP contribution in [0.2, 0.25) is 0 Å². The van der Waals surface area contributed by atoms with Crippen LogP contribution in [0.5, 0.6) is 0 Å². The number of rotatable bonds is 3. The van der Waals surface area contributed by atoms with Crippen LogP contribution in [0.15, 0.2) is 78.9 Å². The molecule has 0 saturated heterocycles. The molecule has 2 heterocycles. The van der Waals surface area contributed by atoms with Crippen molar-refractivity contribution in [2.75, 3.05) is 0 Å². The molecular weight excluding hydrogens is 330 g/mol. The molecule has 0 fully saturated rings. The summed E-state index contributed by atoms with van der Waals surface area (Å²) in [7, 11) is 0.